The van der Waals surface area contributed by atoms with Crippen molar-refractivity contribution in [2.45, 2.75) is 19.4 Å². The van der Waals surface area contributed by atoms with Gasteiger partial charge in [-0.05, 0) is 21.6 Å². The second-order valence-electron chi connectivity index (χ2n) is 5.50. The van der Waals surface area contributed by atoms with Gasteiger partial charge in [0.2, 0.25) is 0 Å². The molecular formula is C18H16N4O3. The summed E-state index contributed by atoms with van der Waals surface area (Å²) in [5.74, 6) is -0.754. The first-order chi connectivity index (χ1) is 12.1. The van der Waals surface area contributed by atoms with Gasteiger partial charge in [-0.25, -0.2) is 4.68 Å². The number of carboxylic acid groups (broad SMARTS) is 1. The summed E-state index contributed by atoms with van der Waals surface area (Å²) < 4.78 is 1.41. The highest BCUT2D eigenvalue weighted by Gasteiger charge is 2.16. The number of nitrogens with zero attached hydrogens (tertiary/aromatic N) is 4. The number of carbonyl (C=O) groups is 2. The molecule has 0 bridgehead atoms. The summed E-state index contributed by atoms with van der Waals surface area (Å²) in [6.07, 6.45) is -0.244. The van der Waals surface area contributed by atoms with Crippen molar-refractivity contribution in [1.82, 2.24) is 20.2 Å². The van der Waals surface area contributed by atoms with Crippen molar-refractivity contribution in [3.8, 4) is 22.5 Å². The van der Waals surface area contributed by atoms with Crippen molar-refractivity contribution in [3.05, 3.63) is 54.6 Å². The van der Waals surface area contributed by atoms with Crippen LogP contribution in [0.5, 0.6) is 0 Å². The van der Waals surface area contributed by atoms with Gasteiger partial charge in [-0.1, -0.05) is 54.6 Å². The molecule has 7 nitrogen and oxygen atoms in total. The van der Waals surface area contributed by atoms with E-state index < -0.39 is 5.97 Å². The Morgan fingerprint density at radius 1 is 0.920 bits per heavy atom. The summed E-state index contributed by atoms with van der Waals surface area (Å²) in [7, 11) is 0. The highest BCUT2D eigenvalue weighted by molar-refractivity contribution is 5.84. The summed E-state index contributed by atoms with van der Waals surface area (Å²) >= 11 is 0. The Morgan fingerprint density at radius 2 is 1.60 bits per heavy atom. The third-order valence-corrected chi connectivity index (χ3v) is 3.73. The van der Waals surface area contributed by atoms with Crippen molar-refractivity contribution in [2.75, 3.05) is 0 Å². The zero-order valence-corrected chi connectivity index (χ0v) is 13.4. The lowest BCUT2D eigenvalue weighted by atomic mass is 9.99. The second-order valence-corrected chi connectivity index (χ2v) is 5.50. The molecule has 0 aliphatic rings. The number of aliphatic carboxylic acids is 1. The standard InChI is InChI=1S/C18H16N4O3/c23-14(10-11-17(24)25)12-22-18(19-20-21-22)16-9-5-4-8-15(16)13-6-2-1-3-7-13/h1-9H,10-12H2,(H,24,25). The molecule has 0 fully saturated rings. The summed E-state index contributed by atoms with van der Waals surface area (Å²) in [6.45, 7) is -0.0568. The molecule has 25 heavy (non-hydrogen) atoms. The van der Waals surface area contributed by atoms with E-state index in [1.807, 2.05) is 54.6 Å². The fourth-order valence-electron chi connectivity index (χ4n) is 2.54. The number of carboxylic acids is 1. The van der Waals surface area contributed by atoms with E-state index in [0.717, 1.165) is 16.7 Å². The molecule has 0 aliphatic heterocycles. The zero-order valence-electron chi connectivity index (χ0n) is 13.4. The SMILES string of the molecule is O=C(O)CCC(=O)Cn1nnnc1-c1ccccc1-c1ccccc1. The molecule has 0 aliphatic carbocycles. The lowest BCUT2D eigenvalue weighted by molar-refractivity contribution is -0.138. The summed E-state index contributed by atoms with van der Waals surface area (Å²) in [5.41, 5.74) is 2.78. The number of hydrogen-bond acceptors (Lipinski definition) is 5. The minimum absolute atomic E-state index is 0.0467. The molecule has 0 radical (unpaired) electrons. The molecule has 1 heterocycles. The van der Waals surface area contributed by atoms with Gasteiger partial charge in [0.15, 0.2) is 11.6 Å². The minimum atomic E-state index is -1.00. The number of tetrazole rings is 1. The van der Waals surface area contributed by atoms with E-state index in [0.29, 0.717) is 5.82 Å². The second kappa shape index (κ2) is 7.48. The van der Waals surface area contributed by atoms with Gasteiger partial charge >= 0.3 is 5.97 Å². The minimum Gasteiger partial charge on any atom is -0.481 e. The normalized spacial score (nSPS) is 10.6. The van der Waals surface area contributed by atoms with Gasteiger partial charge in [0.1, 0.15) is 6.54 Å². The predicted octanol–water partition coefficient (Wildman–Crippen LogP) is 2.44. The van der Waals surface area contributed by atoms with Crippen molar-refractivity contribution in [1.29, 1.82) is 0 Å². The molecule has 1 N–H and O–H groups in total. The van der Waals surface area contributed by atoms with Crippen LogP contribution in [0.1, 0.15) is 12.8 Å². The first kappa shape index (κ1) is 16.5. The van der Waals surface area contributed by atoms with Gasteiger partial charge in [-0.2, -0.15) is 0 Å². The van der Waals surface area contributed by atoms with Crippen LogP contribution in [0.15, 0.2) is 54.6 Å². The molecule has 7 heteroatoms. The average Bonchev–Trinajstić information content (AvgIpc) is 3.08. The van der Waals surface area contributed by atoms with Crippen LogP contribution in [0.3, 0.4) is 0 Å². The lowest BCUT2D eigenvalue weighted by Crippen LogP contribution is -2.14. The monoisotopic (exact) mass is 336 g/mol. The van der Waals surface area contributed by atoms with E-state index in [1.165, 1.54) is 4.68 Å². The van der Waals surface area contributed by atoms with E-state index in [1.54, 1.807) is 0 Å². The van der Waals surface area contributed by atoms with Crippen LogP contribution in [-0.2, 0) is 16.1 Å². The summed E-state index contributed by atoms with van der Waals surface area (Å²) in [5, 5.41) is 20.3. The largest absolute Gasteiger partial charge is 0.481 e. The van der Waals surface area contributed by atoms with Crippen LogP contribution >= 0.6 is 0 Å². The first-order valence-corrected chi connectivity index (χ1v) is 7.79. The van der Waals surface area contributed by atoms with Gasteiger partial charge in [0.25, 0.3) is 0 Å². The fourth-order valence-corrected chi connectivity index (χ4v) is 2.54. The molecule has 1 aromatic heterocycles. The molecule has 0 amide bonds. The quantitative estimate of drug-likeness (QED) is 0.711. The Balaban J connectivity index is 1.91. The maximum absolute atomic E-state index is 12.0. The van der Waals surface area contributed by atoms with Crippen LogP contribution < -0.4 is 0 Å². The van der Waals surface area contributed by atoms with Gasteiger partial charge in [0, 0.05) is 12.0 Å². The number of ketones is 1. The third-order valence-electron chi connectivity index (χ3n) is 3.73. The Labute approximate surface area is 143 Å². The number of rotatable bonds is 7. The van der Waals surface area contributed by atoms with E-state index >= 15 is 0 Å². The van der Waals surface area contributed by atoms with Crippen molar-refractivity contribution < 1.29 is 14.7 Å². The lowest BCUT2D eigenvalue weighted by Gasteiger charge is -2.09. The molecule has 0 saturated heterocycles. The van der Waals surface area contributed by atoms with Crippen molar-refractivity contribution in [3.63, 3.8) is 0 Å². The first-order valence-electron chi connectivity index (χ1n) is 7.79. The Kier molecular flexibility index (Phi) is 4.94. The molecule has 0 saturated carbocycles. The molecule has 0 atom stereocenters. The van der Waals surface area contributed by atoms with Gasteiger partial charge < -0.3 is 5.11 Å². The van der Waals surface area contributed by atoms with E-state index in [-0.39, 0.29) is 25.2 Å². The van der Waals surface area contributed by atoms with Crippen LogP contribution in [0.25, 0.3) is 22.5 Å². The van der Waals surface area contributed by atoms with Crippen LogP contribution in [0, 0.1) is 0 Å². The molecule has 0 unspecified atom stereocenters. The van der Waals surface area contributed by atoms with Crippen LogP contribution in [0.2, 0.25) is 0 Å². The van der Waals surface area contributed by atoms with Gasteiger partial charge in [-0.3, -0.25) is 9.59 Å². The molecule has 3 aromatic rings. The van der Waals surface area contributed by atoms with E-state index in [4.69, 9.17) is 5.11 Å². The summed E-state index contributed by atoms with van der Waals surface area (Å²) in [6, 6.07) is 17.5. The fraction of sp³-hybridized carbons (Fsp3) is 0.167. The molecule has 2 aromatic carbocycles. The number of Topliss-reactive ketones (excluding diaryl/α,β-unsaturated/α-hetero) is 1. The maximum atomic E-state index is 12.0. The topological polar surface area (TPSA) is 98.0 Å². The number of benzene rings is 2. The average molecular weight is 336 g/mol. The molecule has 0 spiro atoms. The number of aromatic nitrogens is 4. The van der Waals surface area contributed by atoms with Crippen molar-refractivity contribution in [2.24, 2.45) is 0 Å². The number of carbonyl (C=O) groups excluding carboxylic acids is 1. The Morgan fingerprint density at radius 3 is 2.32 bits per heavy atom. The molecule has 3 rings (SSSR count). The van der Waals surface area contributed by atoms with E-state index in [2.05, 4.69) is 15.5 Å². The van der Waals surface area contributed by atoms with Gasteiger partial charge in [0.05, 0.1) is 6.42 Å². The Bertz CT molecular complexity index is 890. The smallest absolute Gasteiger partial charge is 0.303 e. The Hall–Kier alpha value is -3.35. The van der Waals surface area contributed by atoms with Crippen LogP contribution in [0.4, 0.5) is 0 Å². The van der Waals surface area contributed by atoms with Crippen molar-refractivity contribution >= 4 is 11.8 Å². The predicted molar refractivity (Wildman–Crippen MR) is 90.6 cm³/mol. The van der Waals surface area contributed by atoms with Crippen LogP contribution in [-0.4, -0.2) is 37.1 Å². The summed E-state index contributed by atoms with van der Waals surface area (Å²) in [4.78, 5) is 22.6. The number of hydrogen-bond donors (Lipinski definition) is 1. The molecular weight excluding hydrogens is 320 g/mol. The van der Waals surface area contributed by atoms with Gasteiger partial charge in [-0.15, -0.1) is 5.10 Å². The third kappa shape index (κ3) is 3.95. The zero-order chi connectivity index (χ0) is 17.6. The maximum Gasteiger partial charge on any atom is 0.303 e. The highest BCUT2D eigenvalue weighted by atomic mass is 16.4. The van der Waals surface area contributed by atoms with E-state index in [9.17, 15) is 9.59 Å². The highest BCUT2D eigenvalue weighted by Crippen LogP contribution is 2.30. The molecule has 126 valence electrons.